The first kappa shape index (κ1) is 10.3. The summed E-state index contributed by atoms with van der Waals surface area (Å²) < 4.78 is 14.6. The van der Waals surface area contributed by atoms with Crippen molar-refractivity contribution in [2.75, 3.05) is 0 Å². The first-order valence-corrected chi connectivity index (χ1v) is 4.96. The van der Waals surface area contributed by atoms with Crippen LogP contribution in [-0.4, -0.2) is 14.4 Å². The fourth-order valence-corrected chi connectivity index (χ4v) is 1.76. The molecule has 0 aromatic carbocycles. The number of thiocarbonyl (C=S) groups is 1. The minimum atomic E-state index is -0.422. The third kappa shape index (κ3) is 1.93. The van der Waals surface area contributed by atoms with E-state index in [2.05, 4.69) is 4.98 Å². The van der Waals surface area contributed by atoms with Crippen LogP contribution in [0.1, 0.15) is 5.69 Å². The molecule has 78 valence electrons. The molecule has 0 aliphatic rings. The monoisotopic (exact) mass is 243 g/mol. The van der Waals surface area contributed by atoms with E-state index in [4.69, 9.17) is 29.6 Å². The third-order valence-electron chi connectivity index (χ3n) is 1.96. The molecule has 0 bridgehead atoms. The standard InChI is InChI=1S/C9H7ClFN3S/c10-7-1-5(11)4-14-6(2-8(12)15)3-13-9(7)14/h1,3-4H,2H2,(H2,12,15). The van der Waals surface area contributed by atoms with Gasteiger partial charge in [-0.2, -0.15) is 0 Å². The SMILES string of the molecule is NC(=S)Cc1cnc2c(Cl)cc(F)cn12. The number of halogens is 2. The van der Waals surface area contributed by atoms with E-state index in [9.17, 15) is 4.39 Å². The van der Waals surface area contributed by atoms with Crippen molar-refractivity contribution in [2.45, 2.75) is 6.42 Å². The van der Waals surface area contributed by atoms with E-state index in [0.717, 1.165) is 5.69 Å². The summed E-state index contributed by atoms with van der Waals surface area (Å²) in [4.78, 5) is 4.39. The molecule has 2 N–H and O–H groups in total. The van der Waals surface area contributed by atoms with Crippen molar-refractivity contribution in [2.24, 2.45) is 5.73 Å². The summed E-state index contributed by atoms with van der Waals surface area (Å²) in [5, 5.41) is 0.268. The fourth-order valence-electron chi connectivity index (χ4n) is 1.37. The molecule has 0 saturated carbocycles. The Morgan fingerprint density at radius 2 is 2.40 bits per heavy atom. The van der Waals surface area contributed by atoms with E-state index < -0.39 is 5.82 Å². The van der Waals surface area contributed by atoms with E-state index in [1.54, 1.807) is 10.6 Å². The van der Waals surface area contributed by atoms with Gasteiger partial charge >= 0.3 is 0 Å². The molecular formula is C9H7ClFN3S. The molecule has 2 aromatic heterocycles. The van der Waals surface area contributed by atoms with Crippen LogP contribution in [0.3, 0.4) is 0 Å². The average molecular weight is 244 g/mol. The molecule has 6 heteroatoms. The van der Waals surface area contributed by atoms with Gasteiger partial charge in [0.2, 0.25) is 0 Å². The van der Waals surface area contributed by atoms with Crippen molar-refractivity contribution >= 4 is 34.5 Å². The predicted molar refractivity (Wildman–Crippen MR) is 60.6 cm³/mol. The highest BCUT2D eigenvalue weighted by Gasteiger charge is 2.08. The first-order valence-electron chi connectivity index (χ1n) is 4.17. The molecule has 0 amide bonds. The maximum atomic E-state index is 13.1. The van der Waals surface area contributed by atoms with E-state index in [-0.39, 0.29) is 5.02 Å². The summed E-state index contributed by atoms with van der Waals surface area (Å²) in [6, 6.07) is 1.22. The topological polar surface area (TPSA) is 43.3 Å². The number of rotatable bonds is 2. The van der Waals surface area contributed by atoms with Gasteiger partial charge in [-0.3, -0.25) is 4.40 Å². The van der Waals surface area contributed by atoms with Crippen molar-refractivity contribution in [3.05, 3.63) is 35.0 Å². The highest BCUT2D eigenvalue weighted by Crippen LogP contribution is 2.19. The van der Waals surface area contributed by atoms with Crippen LogP contribution >= 0.6 is 23.8 Å². The van der Waals surface area contributed by atoms with Gasteiger partial charge in [0, 0.05) is 24.5 Å². The minimum absolute atomic E-state index is 0.268. The summed E-state index contributed by atoms with van der Waals surface area (Å²) in [6.45, 7) is 0. The van der Waals surface area contributed by atoms with Gasteiger partial charge in [0.05, 0.1) is 10.0 Å². The molecule has 0 radical (unpaired) electrons. The highest BCUT2D eigenvalue weighted by molar-refractivity contribution is 7.80. The Morgan fingerprint density at radius 1 is 1.67 bits per heavy atom. The van der Waals surface area contributed by atoms with Crippen molar-refractivity contribution in [1.29, 1.82) is 0 Å². The molecule has 0 spiro atoms. The summed E-state index contributed by atoms with van der Waals surface area (Å²) in [6.07, 6.45) is 3.26. The van der Waals surface area contributed by atoms with Gasteiger partial charge in [0.15, 0.2) is 5.65 Å². The number of fused-ring (bicyclic) bond motifs is 1. The number of pyridine rings is 1. The van der Waals surface area contributed by atoms with Gasteiger partial charge in [-0.25, -0.2) is 9.37 Å². The van der Waals surface area contributed by atoms with Crippen molar-refractivity contribution in [1.82, 2.24) is 9.38 Å². The van der Waals surface area contributed by atoms with E-state index in [1.165, 1.54) is 12.3 Å². The van der Waals surface area contributed by atoms with Crippen LogP contribution in [0, 0.1) is 5.82 Å². The zero-order valence-electron chi connectivity index (χ0n) is 7.58. The van der Waals surface area contributed by atoms with Gasteiger partial charge in [0.1, 0.15) is 5.82 Å². The number of imidazole rings is 1. The Bertz CT molecular complexity index is 537. The van der Waals surface area contributed by atoms with Crippen LogP contribution in [0.25, 0.3) is 5.65 Å². The lowest BCUT2D eigenvalue weighted by atomic mass is 10.3. The highest BCUT2D eigenvalue weighted by atomic mass is 35.5. The predicted octanol–water partition coefficient (Wildman–Crippen LogP) is 1.96. The molecular weight excluding hydrogens is 237 g/mol. The van der Waals surface area contributed by atoms with Crippen molar-refractivity contribution in [3.8, 4) is 0 Å². The van der Waals surface area contributed by atoms with Gasteiger partial charge in [-0.15, -0.1) is 0 Å². The second kappa shape index (κ2) is 3.75. The average Bonchev–Trinajstić information content (AvgIpc) is 2.48. The lowest BCUT2D eigenvalue weighted by Crippen LogP contribution is -2.12. The Kier molecular flexibility index (Phi) is 2.58. The molecule has 0 atom stereocenters. The number of aromatic nitrogens is 2. The first-order chi connectivity index (χ1) is 7.08. The largest absolute Gasteiger partial charge is 0.393 e. The Balaban J connectivity index is 2.63. The second-order valence-electron chi connectivity index (χ2n) is 3.09. The van der Waals surface area contributed by atoms with Crippen LogP contribution in [0.5, 0.6) is 0 Å². The minimum Gasteiger partial charge on any atom is -0.393 e. The van der Waals surface area contributed by atoms with Crippen LogP contribution in [0.15, 0.2) is 18.5 Å². The maximum Gasteiger partial charge on any atom is 0.155 e. The van der Waals surface area contributed by atoms with Crippen LogP contribution in [-0.2, 0) is 6.42 Å². The summed E-state index contributed by atoms with van der Waals surface area (Å²) in [7, 11) is 0. The number of hydrogen-bond donors (Lipinski definition) is 1. The summed E-state index contributed by atoms with van der Waals surface area (Å²) in [5.74, 6) is -0.422. The normalized spacial score (nSPS) is 10.8. The fraction of sp³-hybridized carbons (Fsp3) is 0.111. The van der Waals surface area contributed by atoms with E-state index >= 15 is 0 Å². The smallest absolute Gasteiger partial charge is 0.155 e. The molecule has 0 fully saturated rings. The number of hydrogen-bond acceptors (Lipinski definition) is 2. The third-order valence-corrected chi connectivity index (χ3v) is 2.38. The molecule has 2 rings (SSSR count). The Morgan fingerprint density at radius 3 is 3.07 bits per heavy atom. The molecule has 2 aromatic rings. The van der Waals surface area contributed by atoms with Crippen molar-refractivity contribution in [3.63, 3.8) is 0 Å². The Labute approximate surface area is 95.7 Å². The van der Waals surface area contributed by atoms with Crippen LogP contribution in [0.4, 0.5) is 4.39 Å². The lowest BCUT2D eigenvalue weighted by molar-refractivity contribution is 0.618. The second-order valence-corrected chi connectivity index (χ2v) is 4.02. The number of nitrogens with two attached hydrogens (primary N) is 1. The molecule has 0 aliphatic carbocycles. The molecule has 0 unspecified atom stereocenters. The zero-order valence-corrected chi connectivity index (χ0v) is 9.15. The van der Waals surface area contributed by atoms with Gasteiger partial charge in [-0.1, -0.05) is 23.8 Å². The summed E-state index contributed by atoms with van der Waals surface area (Å²) >= 11 is 10.6. The quantitative estimate of drug-likeness (QED) is 0.820. The van der Waals surface area contributed by atoms with Gasteiger partial charge < -0.3 is 5.73 Å². The van der Waals surface area contributed by atoms with Crippen LogP contribution in [0.2, 0.25) is 5.02 Å². The zero-order chi connectivity index (χ0) is 11.0. The molecule has 3 nitrogen and oxygen atoms in total. The van der Waals surface area contributed by atoms with Crippen LogP contribution < -0.4 is 5.73 Å². The maximum absolute atomic E-state index is 13.1. The molecule has 15 heavy (non-hydrogen) atoms. The Hall–Kier alpha value is -1.20. The molecule has 2 heterocycles. The van der Waals surface area contributed by atoms with Gasteiger partial charge in [-0.05, 0) is 6.07 Å². The van der Waals surface area contributed by atoms with E-state index in [1.807, 2.05) is 0 Å². The summed E-state index contributed by atoms with van der Waals surface area (Å²) in [5.41, 5.74) is 6.64. The molecule has 0 aliphatic heterocycles. The van der Waals surface area contributed by atoms with Gasteiger partial charge in [0.25, 0.3) is 0 Å². The number of nitrogens with zero attached hydrogens (tertiary/aromatic N) is 2. The van der Waals surface area contributed by atoms with E-state index in [0.29, 0.717) is 17.1 Å². The lowest BCUT2D eigenvalue weighted by Gasteiger charge is -2.01. The molecule has 0 saturated heterocycles. The van der Waals surface area contributed by atoms with Crippen molar-refractivity contribution < 1.29 is 4.39 Å².